The number of amides is 1. The molecule has 1 aliphatic rings. The lowest BCUT2D eigenvalue weighted by atomic mass is 10.1. The largest absolute Gasteiger partial charge is 0.496 e. The van der Waals surface area contributed by atoms with E-state index in [1.165, 1.54) is 29.6 Å². The number of nitrogens with one attached hydrogen (secondary N) is 1. The minimum Gasteiger partial charge on any atom is -0.496 e. The van der Waals surface area contributed by atoms with Crippen molar-refractivity contribution in [1.82, 2.24) is 10.1 Å². The van der Waals surface area contributed by atoms with E-state index in [4.69, 9.17) is 9.26 Å². The molecule has 1 N–H and O–H groups in total. The summed E-state index contributed by atoms with van der Waals surface area (Å²) in [6.45, 7) is 2.01. The van der Waals surface area contributed by atoms with Crippen LogP contribution in [0.25, 0.3) is 11.4 Å². The van der Waals surface area contributed by atoms with E-state index in [0.29, 0.717) is 41.6 Å². The van der Waals surface area contributed by atoms with Gasteiger partial charge in [0.25, 0.3) is 15.9 Å². The van der Waals surface area contributed by atoms with Gasteiger partial charge in [0.1, 0.15) is 5.75 Å². The van der Waals surface area contributed by atoms with Gasteiger partial charge in [-0.05, 0) is 48.4 Å². The summed E-state index contributed by atoms with van der Waals surface area (Å²) in [5.41, 5.74) is 2.71. The fourth-order valence-electron chi connectivity index (χ4n) is 4.10. The predicted octanol–water partition coefficient (Wildman–Crippen LogP) is 4.06. The van der Waals surface area contributed by atoms with E-state index in [0.717, 1.165) is 5.56 Å². The molecule has 1 aliphatic heterocycles. The number of hydrogen-bond donors (Lipinski definition) is 1. The molecule has 0 fully saturated rings. The van der Waals surface area contributed by atoms with Crippen molar-refractivity contribution in [2.75, 3.05) is 23.3 Å². The molecule has 3 aromatic carbocycles. The Labute approximate surface area is 202 Å². The first-order valence-corrected chi connectivity index (χ1v) is 12.3. The highest BCUT2D eigenvalue weighted by Crippen LogP contribution is 2.34. The van der Waals surface area contributed by atoms with Gasteiger partial charge >= 0.3 is 0 Å². The number of nitrogens with zero attached hydrogens (tertiary/aromatic N) is 3. The minimum absolute atomic E-state index is 0.00207. The van der Waals surface area contributed by atoms with Crippen LogP contribution < -0.4 is 14.4 Å². The molecule has 0 unspecified atom stereocenters. The van der Waals surface area contributed by atoms with Gasteiger partial charge in [-0.15, -0.1) is 0 Å². The van der Waals surface area contributed by atoms with Crippen LogP contribution in [0.2, 0.25) is 0 Å². The topological polar surface area (TPSA) is 115 Å². The highest BCUT2D eigenvalue weighted by atomic mass is 32.2. The van der Waals surface area contributed by atoms with Crippen molar-refractivity contribution in [2.45, 2.75) is 18.2 Å². The third-order valence-corrected chi connectivity index (χ3v) is 7.60. The first kappa shape index (κ1) is 22.6. The van der Waals surface area contributed by atoms with Crippen LogP contribution in [0.5, 0.6) is 5.75 Å². The van der Waals surface area contributed by atoms with E-state index >= 15 is 0 Å². The van der Waals surface area contributed by atoms with E-state index < -0.39 is 15.9 Å². The van der Waals surface area contributed by atoms with Gasteiger partial charge in [0.05, 0.1) is 28.9 Å². The number of rotatable bonds is 6. The predicted molar refractivity (Wildman–Crippen MR) is 130 cm³/mol. The SMILES string of the molecule is COc1ccc(S(=O)(=O)N2CCc3ccccc32)cc1C(=O)Nc1ccccc1-c1noc(C)n1. The van der Waals surface area contributed by atoms with Crippen molar-refractivity contribution in [3.8, 4) is 17.1 Å². The lowest BCUT2D eigenvalue weighted by molar-refractivity contribution is 0.102. The Morgan fingerprint density at radius 1 is 1.09 bits per heavy atom. The second kappa shape index (κ2) is 8.88. The Bertz CT molecular complexity index is 1530. The Kier molecular flexibility index (Phi) is 5.73. The molecule has 0 aliphatic carbocycles. The molecule has 0 radical (unpaired) electrons. The zero-order valence-electron chi connectivity index (χ0n) is 19.1. The van der Waals surface area contributed by atoms with Crippen LogP contribution in [0.15, 0.2) is 76.1 Å². The van der Waals surface area contributed by atoms with Gasteiger partial charge in [-0.2, -0.15) is 4.98 Å². The molecular formula is C25H22N4O5S. The molecule has 1 amide bonds. The third kappa shape index (κ3) is 4.12. The number of carbonyl (C=O) groups excluding carboxylic acids is 1. The number of para-hydroxylation sites is 2. The summed E-state index contributed by atoms with van der Waals surface area (Å²) < 4.78 is 38.8. The molecule has 5 rings (SSSR count). The number of anilines is 2. The highest BCUT2D eigenvalue weighted by molar-refractivity contribution is 7.92. The van der Waals surface area contributed by atoms with Gasteiger partial charge in [0.15, 0.2) is 0 Å². The van der Waals surface area contributed by atoms with Crippen molar-refractivity contribution in [2.24, 2.45) is 0 Å². The van der Waals surface area contributed by atoms with Crippen LogP contribution in [0.4, 0.5) is 11.4 Å². The molecule has 2 heterocycles. The minimum atomic E-state index is -3.89. The molecule has 9 nitrogen and oxygen atoms in total. The zero-order valence-corrected chi connectivity index (χ0v) is 19.9. The maximum absolute atomic E-state index is 13.5. The number of aryl methyl sites for hydroxylation is 1. The van der Waals surface area contributed by atoms with Crippen LogP contribution in [-0.4, -0.2) is 38.1 Å². The zero-order chi connectivity index (χ0) is 24.6. The van der Waals surface area contributed by atoms with Gasteiger partial charge in [-0.1, -0.05) is 35.5 Å². The van der Waals surface area contributed by atoms with Gasteiger partial charge in [0, 0.05) is 19.0 Å². The van der Waals surface area contributed by atoms with Crippen LogP contribution in [0.1, 0.15) is 21.8 Å². The maximum Gasteiger partial charge on any atom is 0.264 e. The lowest BCUT2D eigenvalue weighted by Gasteiger charge is -2.20. The molecular weight excluding hydrogens is 468 g/mol. The van der Waals surface area contributed by atoms with E-state index in [9.17, 15) is 13.2 Å². The number of benzene rings is 3. The van der Waals surface area contributed by atoms with Crippen LogP contribution in [0, 0.1) is 6.92 Å². The van der Waals surface area contributed by atoms with E-state index in [-0.39, 0.29) is 16.2 Å². The summed E-state index contributed by atoms with van der Waals surface area (Å²) >= 11 is 0. The number of methoxy groups -OCH3 is 1. The lowest BCUT2D eigenvalue weighted by Crippen LogP contribution is -2.29. The summed E-state index contributed by atoms with van der Waals surface area (Å²) in [5, 5.41) is 6.75. The Balaban J connectivity index is 1.49. The summed E-state index contributed by atoms with van der Waals surface area (Å²) in [5.74, 6) is 0.433. The summed E-state index contributed by atoms with van der Waals surface area (Å²) in [7, 11) is -2.47. The Morgan fingerprint density at radius 2 is 1.86 bits per heavy atom. The first-order valence-electron chi connectivity index (χ1n) is 10.9. The Morgan fingerprint density at radius 3 is 2.63 bits per heavy atom. The molecule has 178 valence electrons. The Hall–Kier alpha value is -4.18. The van der Waals surface area contributed by atoms with Crippen molar-refractivity contribution in [1.29, 1.82) is 0 Å². The average Bonchev–Trinajstić information content (AvgIpc) is 3.50. The molecule has 0 atom stereocenters. The van der Waals surface area contributed by atoms with Gasteiger partial charge in [-0.25, -0.2) is 8.42 Å². The van der Waals surface area contributed by atoms with Crippen molar-refractivity contribution < 1.29 is 22.5 Å². The quantitative estimate of drug-likeness (QED) is 0.433. The third-order valence-electron chi connectivity index (χ3n) is 5.79. The maximum atomic E-state index is 13.5. The van der Waals surface area contributed by atoms with E-state index in [2.05, 4.69) is 15.5 Å². The standard InChI is InChI=1S/C25H22N4O5S/c1-16-26-24(28-34-16)19-8-4-5-9-21(19)27-25(30)20-15-18(11-12-23(20)33-2)35(31,32)29-14-13-17-7-3-6-10-22(17)29/h3-12,15H,13-14H2,1-2H3,(H,27,30). The second-order valence-electron chi connectivity index (χ2n) is 7.95. The first-order chi connectivity index (χ1) is 16.9. The number of hydrogen-bond acceptors (Lipinski definition) is 7. The van der Waals surface area contributed by atoms with Crippen LogP contribution in [0.3, 0.4) is 0 Å². The molecule has 1 aromatic heterocycles. The van der Waals surface area contributed by atoms with Crippen LogP contribution in [-0.2, 0) is 16.4 Å². The fraction of sp³-hybridized carbons (Fsp3) is 0.160. The number of sulfonamides is 1. The number of fused-ring (bicyclic) bond motifs is 1. The number of carbonyl (C=O) groups is 1. The molecule has 0 bridgehead atoms. The summed E-state index contributed by atoms with van der Waals surface area (Å²) in [6, 6.07) is 18.7. The molecule has 0 saturated heterocycles. The number of ether oxygens (including phenoxy) is 1. The average molecular weight is 491 g/mol. The molecule has 35 heavy (non-hydrogen) atoms. The summed E-state index contributed by atoms with van der Waals surface area (Å²) in [4.78, 5) is 17.5. The highest BCUT2D eigenvalue weighted by Gasteiger charge is 2.31. The van der Waals surface area contributed by atoms with Crippen molar-refractivity contribution >= 4 is 27.3 Å². The number of aromatic nitrogens is 2. The van der Waals surface area contributed by atoms with Crippen molar-refractivity contribution in [3.63, 3.8) is 0 Å². The fourth-order valence-corrected chi connectivity index (χ4v) is 5.63. The second-order valence-corrected chi connectivity index (χ2v) is 9.82. The van der Waals surface area contributed by atoms with Crippen molar-refractivity contribution in [3.05, 3.63) is 83.7 Å². The molecule has 0 saturated carbocycles. The molecule has 4 aromatic rings. The normalized spacial score (nSPS) is 12.9. The smallest absolute Gasteiger partial charge is 0.264 e. The van der Waals surface area contributed by atoms with Gasteiger partial charge in [-0.3, -0.25) is 9.10 Å². The van der Waals surface area contributed by atoms with Gasteiger partial charge < -0.3 is 14.6 Å². The molecule has 0 spiro atoms. The monoisotopic (exact) mass is 490 g/mol. The van der Waals surface area contributed by atoms with Gasteiger partial charge in [0.2, 0.25) is 11.7 Å². The van der Waals surface area contributed by atoms with Crippen LogP contribution >= 0.6 is 0 Å². The van der Waals surface area contributed by atoms with E-state index in [1.807, 2.05) is 18.2 Å². The van der Waals surface area contributed by atoms with E-state index in [1.54, 1.807) is 37.3 Å². The molecule has 10 heteroatoms. The summed E-state index contributed by atoms with van der Waals surface area (Å²) in [6.07, 6.45) is 0.630.